The molecule has 1 aliphatic rings. The number of hydrogen-bond acceptors (Lipinski definition) is 2. The zero-order valence-electron chi connectivity index (χ0n) is 13.6. The molecule has 0 radical (unpaired) electrons. The van der Waals surface area contributed by atoms with Crippen LogP contribution in [0.1, 0.15) is 50.3 Å². The van der Waals surface area contributed by atoms with Gasteiger partial charge in [0.15, 0.2) is 0 Å². The van der Waals surface area contributed by atoms with E-state index in [1.54, 1.807) is 0 Å². The van der Waals surface area contributed by atoms with E-state index in [0.29, 0.717) is 18.4 Å². The summed E-state index contributed by atoms with van der Waals surface area (Å²) in [4.78, 5) is 12.2. The van der Waals surface area contributed by atoms with Crippen LogP contribution in [0.3, 0.4) is 0 Å². The third-order valence-electron chi connectivity index (χ3n) is 4.57. The smallest absolute Gasteiger partial charge is 0.315 e. The van der Waals surface area contributed by atoms with E-state index in [-0.39, 0.29) is 18.7 Å². The molecule has 22 heavy (non-hydrogen) atoms. The summed E-state index contributed by atoms with van der Waals surface area (Å²) >= 11 is 0. The Hall–Kier alpha value is -1.55. The summed E-state index contributed by atoms with van der Waals surface area (Å²) in [6, 6.07) is 8.32. The van der Waals surface area contributed by atoms with Crippen molar-refractivity contribution in [3.63, 3.8) is 0 Å². The molecule has 122 valence electrons. The minimum Gasteiger partial charge on any atom is -0.396 e. The molecular formula is C18H28N2O2. The number of hydrogen-bond donors (Lipinski definition) is 3. The average molecular weight is 304 g/mol. The van der Waals surface area contributed by atoms with Gasteiger partial charge in [0.25, 0.3) is 0 Å². The molecule has 1 aromatic carbocycles. The maximum absolute atomic E-state index is 12.2. The van der Waals surface area contributed by atoms with Crippen molar-refractivity contribution in [1.82, 2.24) is 10.6 Å². The molecule has 2 rings (SSSR count). The molecule has 0 spiro atoms. The van der Waals surface area contributed by atoms with Crippen molar-refractivity contribution in [3.05, 3.63) is 35.4 Å². The first kappa shape index (κ1) is 16.8. The molecule has 3 unspecified atom stereocenters. The van der Waals surface area contributed by atoms with Gasteiger partial charge in [0.05, 0.1) is 6.04 Å². The predicted molar refractivity (Wildman–Crippen MR) is 88.7 cm³/mol. The fourth-order valence-corrected chi connectivity index (χ4v) is 3.38. The van der Waals surface area contributed by atoms with E-state index >= 15 is 0 Å². The van der Waals surface area contributed by atoms with Crippen LogP contribution in [-0.2, 0) is 6.42 Å². The topological polar surface area (TPSA) is 61.4 Å². The highest BCUT2D eigenvalue weighted by molar-refractivity contribution is 5.74. The molecule has 1 aliphatic carbocycles. The Balaban J connectivity index is 1.87. The van der Waals surface area contributed by atoms with Crippen LogP contribution in [0.2, 0.25) is 0 Å². The third-order valence-corrected chi connectivity index (χ3v) is 4.57. The first-order chi connectivity index (χ1) is 10.7. The molecule has 2 amide bonds. The number of nitrogens with one attached hydrogen (secondary N) is 2. The number of amides is 2. The fraction of sp³-hybridized carbons (Fsp3) is 0.611. The summed E-state index contributed by atoms with van der Waals surface area (Å²) in [5.41, 5.74) is 2.58. The average Bonchev–Trinajstić information content (AvgIpc) is 2.81. The Bertz CT molecular complexity index is 484. The lowest BCUT2D eigenvalue weighted by Crippen LogP contribution is -2.41. The van der Waals surface area contributed by atoms with E-state index in [2.05, 4.69) is 42.7 Å². The van der Waals surface area contributed by atoms with Crippen molar-refractivity contribution in [1.29, 1.82) is 0 Å². The Labute approximate surface area is 133 Å². The van der Waals surface area contributed by atoms with Crippen molar-refractivity contribution in [2.75, 3.05) is 13.2 Å². The molecule has 4 heteroatoms. The maximum atomic E-state index is 12.2. The second-order valence-corrected chi connectivity index (χ2v) is 6.38. The van der Waals surface area contributed by atoms with E-state index in [1.165, 1.54) is 11.1 Å². The molecule has 0 saturated heterocycles. The van der Waals surface area contributed by atoms with Gasteiger partial charge in [-0.1, -0.05) is 44.5 Å². The van der Waals surface area contributed by atoms with Crippen LogP contribution in [0.25, 0.3) is 0 Å². The highest BCUT2D eigenvalue weighted by Gasteiger charge is 2.30. The van der Waals surface area contributed by atoms with Gasteiger partial charge in [-0.05, 0) is 42.2 Å². The van der Waals surface area contributed by atoms with Gasteiger partial charge in [-0.25, -0.2) is 4.79 Å². The number of fused-ring (bicyclic) bond motifs is 1. The third kappa shape index (κ3) is 4.23. The molecule has 3 atom stereocenters. The Morgan fingerprint density at radius 1 is 1.36 bits per heavy atom. The van der Waals surface area contributed by atoms with Gasteiger partial charge in [-0.3, -0.25) is 0 Å². The minimum absolute atomic E-state index is 0.0960. The van der Waals surface area contributed by atoms with Gasteiger partial charge in [-0.15, -0.1) is 0 Å². The van der Waals surface area contributed by atoms with Gasteiger partial charge in [0, 0.05) is 13.2 Å². The summed E-state index contributed by atoms with van der Waals surface area (Å²) < 4.78 is 0. The second-order valence-electron chi connectivity index (χ2n) is 6.38. The maximum Gasteiger partial charge on any atom is 0.315 e. The lowest BCUT2D eigenvalue weighted by atomic mass is 10.0. The van der Waals surface area contributed by atoms with Crippen molar-refractivity contribution >= 4 is 6.03 Å². The fourth-order valence-electron chi connectivity index (χ4n) is 3.38. The second kappa shape index (κ2) is 8.18. The normalized spacial score (nSPS) is 21.2. The van der Waals surface area contributed by atoms with E-state index in [4.69, 9.17) is 5.11 Å². The zero-order chi connectivity index (χ0) is 15.9. The highest BCUT2D eigenvalue weighted by atomic mass is 16.3. The van der Waals surface area contributed by atoms with Gasteiger partial charge in [-0.2, -0.15) is 0 Å². The molecule has 4 nitrogen and oxygen atoms in total. The van der Waals surface area contributed by atoms with Crippen LogP contribution in [0.4, 0.5) is 4.79 Å². The number of aliphatic hydroxyl groups is 1. The lowest BCUT2D eigenvalue weighted by molar-refractivity contribution is 0.224. The van der Waals surface area contributed by atoms with Gasteiger partial charge >= 0.3 is 6.03 Å². The van der Waals surface area contributed by atoms with Crippen LogP contribution in [-0.4, -0.2) is 24.3 Å². The van der Waals surface area contributed by atoms with Crippen LogP contribution in [0, 0.1) is 11.8 Å². The van der Waals surface area contributed by atoms with Gasteiger partial charge in [0.2, 0.25) is 0 Å². The number of urea groups is 1. The monoisotopic (exact) mass is 304 g/mol. The van der Waals surface area contributed by atoms with Crippen LogP contribution < -0.4 is 10.6 Å². The summed E-state index contributed by atoms with van der Waals surface area (Å²) in [5, 5.41) is 15.2. The Kier molecular flexibility index (Phi) is 6.25. The van der Waals surface area contributed by atoms with E-state index < -0.39 is 0 Å². The standard InChI is InChI=1S/C18H28N2O2/c1-3-6-14(9-10-21)12-19-18(22)20-17-13(2)11-15-7-4-5-8-16(15)17/h4-5,7-8,13-14,17,21H,3,6,9-12H2,1-2H3,(H2,19,20,22). The molecular weight excluding hydrogens is 276 g/mol. The number of carbonyl (C=O) groups is 1. The van der Waals surface area contributed by atoms with E-state index in [9.17, 15) is 4.79 Å². The summed E-state index contributed by atoms with van der Waals surface area (Å²) in [5.74, 6) is 0.779. The van der Waals surface area contributed by atoms with Crippen molar-refractivity contribution in [2.45, 2.75) is 45.6 Å². The van der Waals surface area contributed by atoms with Crippen LogP contribution >= 0.6 is 0 Å². The van der Waals surface area contributed by atoms with Gasteiger partial charge in [0.1, 0.15) is 0 Å². The van der Waals surface area contributed by atoms with Crippen molar-refractivity contribution in [2.24, 2.45) is 11.8 Å². The van der Waals surface area contributed by atoms with Crippen LogP contribution in [0.5, 0.6) is 0 Å². The van der Waals surface area contributed by atoms with Gasteiger partial charge < -0.3 is 15.7 Å². The summed E-state index contributed by atoms with van der Waals surface area (Å²) in [7, 11) is 0. The Morgan fingerprint density at radius 3 is 2.86 bits per heavy atom. The Morgan fingerprint density at radius 2 is 2.14 bits per heavy atom. The predicted octanol–water partition coefficient (Wildman–Crippen LogP) is 3.02. The minimum atomic E-state index is -0.104. The van der Waals surface area contributed by atoms with Crippen LogP contribution in [0.15, 0.2) is 24.3 Å². The molecule has 0 saturated carbocycles. The first-order valence-electron chi connectivity index (χ1n) is 8.38. The summed E-state index contributed by atoms with van der Waals surface area (Å²) in [6.07, 6.45) is 3.87. The SMILES string of the molecule is CCCC(CCO)CNC(=O)NC1c2ccccc2CC1C. The highest BCUT2D eigenvalue weighted by Crippen LogP contribution is 2.35. The number of aliphatic hydroxyl groups excluding tert-OH is 1. The van der Waals surface area contributed by atoms with Crippen molar-refractivity contribution in [3.8, 4) is 0 Å². The molecule has 0 fully saturated rings. The molecule has 3 N–H and O–H groups in total. The number of benzene rings is 1. The first-order valence-corrected chi connectivity index (χ1v) is 8.38. The molecule has 0 aromatic heterocycles. The van der Waals surface area contributed by atoms with Crippen molar-refractivity contribution < 1.29 is 9.90 Å². The molecule has 0 bridgehead atoms. The number of carbonyl (C=O) groups excluding carboxylic acids is 1. The zero-order valence-corrected chi connectivity index (χ0v) is 13.6. The van der Waals surface area contributed by atoms with E-state index in [0.717, 1.165) is 25.7 Å². The largest absolute Gasteiger partial charge is 0.396 e. The molecule has 0 heterocycles. The molecule has 0 aliphatic heterocycles. The summed E-state index contributed by atoms with van der Waals surface area (Å²) in [6.45, 7) is 5.11. The lowest BCUT2D eigenvalue weighted by Gasteiger charge is -2.21. The number of rotatable bonds is 7. The van der Waals surface area contributed by atoms with E-state index in [1.807, 2.05) is 6.07 Å². The molecule has 1 aromatic rings. The quantitative estimate of drug-likeness (QED) is 0.725.